The zero-order valence-corrected chi connectivity index (χ0v) is 15.1. The molecule has 3 fully saturated rings. The second-order valence-corrected chi connectivity index (χ2v) is 8.34. The van der Waals surface area contributed by atoms with Gasteiger partial charge in [-0.05, 0) is 49.1 Å². The molecule has 0 unspecified atom stereocenters. The van der Waals surface area contributed by atoms with E-state index in [9.17, 15) is 9.50 Å². The van der Waals surface area contributed by atoms with Crippen LogP contribution in [0.5, 0.6) is 0 Å². The van der Waals surface area contributed by atoms with Crippen LogP contribution in [0.4, 0.5) is 4.39 Å². The van der Waals surface area contributed by atoms with E-state index in [4.69, 9.17) is 9.47 Å². The van der Waals surface area contributed by atoms with Crippen molar-refractivity contribution in [3.8, 4) is 0 Å². The van der Waals surface area contributed by atoms with Gasteiger partial charge in [-0.15, -0.1) is 0 Å². The molecule has 0 bridgehead atoms. The van der Waals surface area contributed by atoms with E-state index >= 15 is 0 Å². The number of rotatable bonds is 2. The first-order valence-electron chi connectivity index (χ1n) is 9.80. The fourth-order valence-electron chi connectivity index (χ4n) is 4.86. The summed E-state index contributed by atoms with van der Waals surface area (Å²) in [5, 5.41) is 11.1. The zero-order valence-electron chi connectivity index (χ0n) is 15.1. The number of ether oxygens (including phenoxy) is 2. The first-order valence-corrected chi connectivity index (χ1v) is 9.80. The lowest BCUT2D eigenvalue weighted by Gasteiger charge is -2.41. The van der Waals surface area contributed by atoms with E-state index < -0.39 is 11.4 Å². The van der Waals surface area contributed by atoms with E-state index in [2.05, 4.69) is 6.92 Å². The Morgan fingerprint density at radius 2 is 1.64 bits per heavy atom. The lowest BCUT2D eigenvalue weighted by Crippen LogP contribution is -2.42. The third kappa shape index (κ3) is 3.36. The Kier molecular flexibility index (Phi) is 4.63. The molecule has 138 valence electrons. The molecule has 0 atom stereocenters. The Balaban J connectivity index is 1.49. The normalized spacial score (nSPS) is 31.3. The van der Waals surface area contributed by atoms with Crippen molar-refractivity contribution in [2.75, 3.05) is 13.2 Å². The monoisotopic (exact) mass is 348 g/mol. The van der Waals surface area contributed by atoms with Crippen LogP contribution in [0.1, 0.15) is 75.3 Å². The molecule has 0 radical (unpaired) electrons. The summed E-state index contributed by atoms with van der Waals surface area (Å²) in [5.41, 5.74) is 0.421. The van der Waals surface area contributed by atoms with Crippen molar-refractivity contribution >= 4 is 0 Å². The van der Waals surface area contributed by atoms with Gasteiger partial charge in [0, 0.05) is 18.4 Å². The lowest BCUT2D eigenvalue weighted by atomic mass is 9.75. The summed E-state index contributed by atoms with van der Waals surface area (Å²) in [4.78, 5) is 0. The second kappa shape index (κ2) is 6.64. The first-order chi connectivity index (χ1) is 12.0. The molecular formula is C21H29FO3. The number of hydrogen-bond acceptors (Lipinski definition) is 3. The molecule has 1 aliphatic heterocycles. The quantitative estimate of drug-likeness (QED) is 0.847. The van der Waals surface area contributed by atoms with Crippen LogP contribution < -0.4 is 0 Å². The van der Waals surface area contributed by atoms with Gasteiger partial charge in [-0.1, -0.05) is 31.9 Å². The molecule has 25 heavy (non-hydrogen) atoms. The van der Waals surface area contributed by atoms with Crippen molar-refractivity contribution < 1.29 is 19.0 Å². The van der Waals surface area contributed by atoms with Crippen LogP contribution in [0, 0.1) is 11.7 Å². The van der Waals surface area contributed by atoms with Gasteiger partial charge in [-0.3, -0.25) is 0 Å². The molecule has 1 aromatic carbocycles. The molecular weight excluding hydrogens is 319 g/mol. The third-order valence-electron chi connectivity index (χ3n) is 6.63. The van der Waals surface area contributed by atoms with Crippen LogP contribution in [0.3, 0.4) is 0 Å². The molecule has 0 amide bonds. The Morgan fingerprint density at radius 1 is 1.00 bits per heavy atom. The summed E-state index contributed by atoms with van der Waals surface area (Å²) < 4.78 is 26.3. The summed E-state index contributed by atoms with van der Waals surface area (Å²) in [7, 11) is 0. The largest absolute Gasteiger partial charge is 0.385 e. The average molecular weight is 348 g/mol. The highest BCUT2D eigenvalue weighted by Gasteiger charge is 2.47. The van der Waals surface area contributed by atoms with Crippen molar-refractivity contribution in [1.29, 1.82) is 0 Å². The molecule has 2 saturated carbocycles. The lowest BCUT2D eigenvalue weighted by molar-refractivity contribution is -0.204. The van der Waals surface area contributed by atoms with Gasteiger partial charge < -0.3 is 14.6 Å². The average Bonchev–Trinajstić information content (AvgIpc) is 3.07. The predicted molar refractivity (Wildman–Crippen MR) is 93.8 cm³/mol. The van der Waals surface area contributed by atoms with Gasteiger partial charge in [0.25, 0.3) is 0 Å². The van der Waals surface area contributed by atoms with Crippen molar-refractivity contribution in [1.82, 2.24) is 0 Å². The van der Waals surface area contributed by atoms with Crippen molar-refractivity contribution in [2.24, 2.45) is 5.92 Å². The fourth-order valence-corrected chi connectivity index (χ4v) is 4.86. The van der Waals surface area contributed by atoms with E-state index in [1.807, 2.05) is 12.1 Å². The molecule has 3 nitrogen and oxygen atoms in total. The van der Waals surface area contributed by atoms with Crippen LogP contribution in [0.15, 0.2) is 18.2 Å². The molecule has 1 spiro atoms. The summed E-state index contributed by atoms with van der Waals surface area (Å²) in [6.07, 6.45) is 6.91. The fraction of sp³-hybridized carbons (Fsp3) is 0.714. The summed E-state index contributed by atoms with van der Waals surface area (Å²) in [6.45, 7) is 3.52. The number of halogens is 1. The third-order valence-corrected chi connectivity index (χ3v) is 6.63. The first kappa shape index (κ1) is 17.4. The standard InChI is InChI=1S/C21H29FO3/c1-15-2-4-16(5-3-15)17-6-7-18(19(22)14-17)20(23)8-10-21(11-9-20)24-12-13-25-21/h6-7,14-16,23H,2-5,8-13H2,1H3. The maximum Gasteiger partial charge on any atom is 0.168 e. The molecule has 1 N–H and O–H groups in total. The number of benzene rings is 1. The van der Waals surface area contributed by atoms with E-state index in [0.717, 1.165) is 24.3 Å². The maximum absolute atomic E-state index is 14.9. The van der Waals surface area contributed by atoms with E-state index in [0.29, 0.717) is 50.4 Å². The minimum atomic E-state index is -1.11. The molecule has 2 aliphatic carbocycles. The summed E-state index contributed by atoms with van der Waals surface area (Å²) >= 11 is 0. The Morgan fingerprint density at radius 3 is 2.24 bits per heavy atom. The van der Waals surface area contributed by atoms with Gasteiger partial charge in [0.05, 0.1) is 18.8 Å². The van der Waals surface area contributed by atoms with Gasteiger partial charge in [0.1, 0.15) is 5.82 Å². The van der Waals surface area contributed by atoms with E-state index in [1.54, 1.807) is 6.07 Å². The molecule has 1 saturated heterocycles. The smallest absolute Gasteiger partial charge is 0.168 e. The molecule has 1 aromatic rings. The minimum Gasteiger partial charge on any atom is -0.385 e. The zero-order chi connectivity index (χ0) is 17.5. The van der Waals surface area contributed by atoms with E-state index in [1.165, 1.54) is 12.8 Å². The predicted octanol–water partition coefficient (Wildman–Crippen LogP) is 4.62. The van der Waals surface area contributed by atoms with Crippen LogP contribution in [-0.2, 0) is 15.1 Å². The molecule has 4 heteroatoms. The Hall–Kier alpha value is -0.970. The molecule has 0 aromatic heterocycles. The van der Waals surface area contributed by atoms with E-state index in [-0.39, 0.29) is 5.82 Å². The maximum atomic E-state index is 14.9. The summed E-state index contributed by atoms with van der Waals surface area (Å²) in [5.74, 6) is 0.448. The van der Waals surface area contributed by atoms with Crippen molar-refractivity contribution in [2.45, 2.75) is 75.6 Å². The summed E-state index contributed by atoms with van der Waals surface area (Å²) in [6, 6.07) is 5.52. The second-order valence-electron chi connectivity index (χ2n) is 8.34. The highest BCUT2D eigenvalue weighted by molar-refractivity contribution is 5.31. The number of hydrogen-bond donors (Lipinski definition) is 1. The van der Waals surface area contributed by atoms with Crippen LogP contribution in [0.25, 0.3) is 0 Å². The van der Waals surface area contributed by atoms with Gasteiger partial charge in [0.2, 0.25) is 0 Å². The van der Waals surface area contributed by atoms with Gasteiger partial charge in [-0.2, -0.15) is 0 Å². The van der Waals surface area contributed by atoms with Gasteiger partial charge in [-0.25, -0.2) is 4.39 Å². The number of aliphatic hydroxyl groups is 1. The highest BCUT2D eigenvalue weighted by Crippen LogP contribution is 2.46. The SMILES string of the molecule is CC1CCC(c2ccc(C3(O)CCC4(CC3)OCCO4)c(F)c2)CC1. The van der Waals surface area contributed by atoms with Crippen molar-refractivity contribution in [3.63, 3.8) is 0 Å². The van der Waals surface area contributed by atoms with Gasteiger partial charge in [0.15, 0.2) is 5.79 Å². The van der Waals surface area contributed by atoms with Crippen LogP contribution in [-0.4, -0.2) is 24.1 Å². The molecule has 1 heterocycles. The van der Waals surface area contributed by atoms with Gasteiger partial charge >= 0.3 is 0 Å². The molecule has 3 aliphatic rings. The minimum absolute atomic E-state index is 0.261. The van der Waals surface area contributed by atoms with Crippen molar-refractivity contribution in [3.05, 3.63) is 35.1 Å². The highest BCUT2D eigenvalue weighted by atomic mass is 19.1. The Labute approximate surface area is 149 Å². The molecule has 4 rings (SSSR count). The topological polar surface area (TPSA) is 38.7 Å². The van der Waals surface area contributed by atoms with Crippen LogP contribution in [0.2, 0.25) is 0 Å². The van der Waals surface area contributed by atoms with Crippen LogP contribution >= 0.6 is 0 Å². The Bertz CT molecular complexity index is 606.